The second-order valence-electron chi connectivity index (χ2n) is 5.41. The maximum absolute atomic E-state index is 12.4. The molecular formula is C19H23NO4. The van der Waals surface area contributed by atoms with Crippen LogP contribution in [0.15, 0.2) is 36.4 Å². The second-order valence-corrected chi connectivity index (χ2v) is 5.41. The largest absolute Gasteiger partial charge is 0.496 e. The van der Waals surface area contributed by atoms with Gasteiger partial charge in [-0.05, 0) is 37.6 Å². The molecule has 0 fully saturated rings. The van der Waals surface area contributed by atoms with Crippen molar-refractivity contribution >= 4 is 5.91 Å². The first-order valence-corrected chi connectivity index (χ1v) is 7.76. The SMILES string of the molecule is COc1cccc(OC)c1C(=O)NCCOc1ccc(C)cc1C. The molecule has 2 aromatic rings. The highest BCUT2D eigenvalue weighted by Crippen LogP contribution is 2.27. The summed E-state index contributed by atoms with van der Waals surface area (Å²) >= 11 is 0. The average molecular weight is 329 g/mol. The van der Waals surface area contributed by atoms with E-state index in [0.29, 0.717) is 30.2 Å². The molecule has 0 bridgehead atoms. The van der Waals surface area contributed by atoms with E-state index in [0.717, 1.165) is 11.3 Å². The lowest BCUT2D eigenvalue weighted by molar-refractivity contribution is 0.0940. The Kier molecular flexibility index (Phi) is 6.07. The van der Waals surface area contributed by atoms with E-state index in [9.17, 15) is 4.79 Å². The molecule has 5 heteroatoms. The van der Waals surface area contributed by atoms with Crippen molar-refractivity contribution in [2.24, 2.45) is 0 Å². The quantitative estimate of drug-likeness (QED) is 0.793. The molecule has 0 heterocycles. The second kappa shape index (κ2) is 8.24. The first kappa shape index (κ1) is 17.7. The van der Waals surface area contributed by atoms with Gasteiger partial charge in [0.25, 0.3) is 5.91 Å². The summed E-state index contributed by atoms with van der Waals surface area (Å²) in [6.45, 7) is 4.80. The van der Waals surface area contributed by atoms with E-state index in [1.165, 1.54) is 19.8 Å². The monoisotopic (exact) mass is 329 g/mol. The highest BCUT2D eigenvalue weighted by atomic mass is 16.5. The summed E-state index contributed by atoms with van der Waals surface area (Å²) < 4.78 is 16.2. The molecule has 0 radical (unpaired) electrons. The molecule has 0 spiro atoms. The third-order valence-electron chi connectivity index (χ3n) is 3.63. The van der Waals surface area contributed by atoms with E-state index in [4.69, 9.17) is 14.2 Å². The Balaban J connectivity index is 1.94. The van der Waals surface area contributed by atoms with E-state index >= 15 is 0 Å². The first-order valence-electron chi connectivity index (χ1n) is 7.76. The van der Waals surface area contributed by atoms with Gasteiger partial charge in [-0.2, -0.15) is 0 Å². The normalized spacial score (nSPS) is 10.2. The number of benzene rings is 2. The Morgan fingerprint density at radius 2 is 1.67 bits per heavy atom. The summed E-state index contributed by atoms with van der Waals surface area (Å²) in [7, 11) is 3.05. The van der Waals surface area contributed by atoms with Crippen molar-refractivity contribution in [1.29, 1.82) is 0 Å². The van der Waals surface area contributed by atoms with E-state index in [1.54, 1.807) is 18.2 Å². The average Bonchev–Trinajstić information content (AvgIpc) is 2.59. The standard InChI is InChI=1S/C19H23NO4/c1-13-8-9-15(14(2)12-13)24-11-10-20-19(21)18-16(22-3)6-5-7-17(18)23-4/h5-9,12H,10-11H2,1-4H3,(H,20,21). The third-order valence-corrected chi connectivity index (χ3v) is 3.63. The summed E-state index contributed by atoms with van der Waals surface area (Å²) in [4.78, 5) is 12.4. The first-order chi connectivity index (χ1) is 11.6. The van der Waals surface area contributed by atoms with Crippen LogP contribution in [0, 0.1) is 13.8 Å². The molecule has 5 nitrogen and oxygen atoms in total. The van der Waals surface area contributed by atoms with E-state index in [-0.39, 0.29) is 5.91 Å². The maximum atomic E-state index is 12.4. The van der Waals surface area contributed by atoms with Crippen molar-refractivity contribution in [1.82, 2.24) is 5.32 Å². The fourth-order valence-corrected chi connectivity index (χ4v) is 2.45. The van der Waals surface area contributed by atoms with Gasteiger partial charge in [-0.1, -0.05) is 23.8 Å². The third kappa shape index (κ3) is 4.19. The fourth-order valence-electron chi connectivity index (χ4n) is 2.45. The van der Waals surface area contributed by atoms with Crippen LogP contribution in [0.25, 0.3) is 0 Å². The lowest BCUT2D eigenvalue weighted by Gasteiger charge is -2.14. The van der Waals surface area contributed by atoms with E-state index in [2.05, 4.69) is 11.4 Å². The Bertz CT molecular complexity index is 690. The molecule has 24 heavy (non-hydrogen) atoms. The van der Waals surface area contributed by atoms with E-state index in [1.807, 2.05) is 26.0 Å². The zero-order valence-electron chi connectivity index (χ0n) is 14.5. The molecular weight excluding hydrogens is 306 g/mol. The highest BCUT2D eigenvalue weighted by Gasteiger charge is 2.17. The molecule has 0 atom stereocenters. The summed E-state index contributed by atoms with van der Waals surface area (Å²) in [5.41, 5.74) is 2.65. The number of carbonyl (C=O) groups excluding carboxylic acids is 1. The summed E-state index contributed by atoms with van der Waals surface area (Å²) in [6.07, 6.45) is 0. The van der Waals surface area contributed by atoms with Crippen molar-refractivity contribution in [3.8, 4) is 17.2 Å². The summed E-state index contributed by atoms with van der Waals surface area (Å²) in [6, 6.07) is 11.2. The number of hydrogen-bond donors (Lipinski definition) is 1. The van der Waals surface area contributed by atoms with Crippen LogP contribution >= 0.6 is 0 Å². The molecule has 0 aliphatic carbocycles. The topological polar surface area (TPSA) is 56.8 Å². The molecule has 0 unspecified atom stereocenters. The van der Waals surface area contributed by atoms with Gasteiger partial charge in [0.1, 0.15) is 29.4 Å². The van der Waals surface area contributed by atoms with Crippen molar-refractivity contribution in [2.75, 3.05) is 27.4 Å². The minimum Gasteiger partial charge on any atom is -0.496 e. The molecule has 1 N–H and O–H groups in total. The van der Waals surface area contributed by atoms with Crippen molar-refractivity contribution in [3.63, 3.8) is 0 Å². The number of nitrogens with one attached hydrogen (secondary N) is 1. The van der Waals surface area contributed by atoms with Crippen molar-refractivity contribution in [2.45, 2.75) is 13.8 Å². The van der Waals surface area contributed by atoms with Gasteiger partial charge in [-0.25, -0.2) is 0 Å². The number of aryl methyl sites for hydroxylation is 2. The van der Waals surface area contributed by atoms with Crippen molar-refractivity contribution in [3.05, 3.63) is 53.1 Å². The predicted molar refractivity (Wildman–Crippen MR) is 93.3 cm³/mol. The minimum absolute atomic E-state index is 0.256. The van der Waals surface area contributed by atoms with Gasteiger partial charge in [0.05, 0.1) is 20.8 Å². The van der Waals surface area contributed by atoms with Crippen LogP contribution in [-0.4, -0.2) is 33.3 Å². The predicted octanol–water partition coefficient (Wildman–Crippen LogP) is 3.13. The molecule has 0 aliphatic heterocycles. The number of carbonyl (C=O) groups is 1. The maximum Gasteiger partial charge on any atom is 0.258 e. The molecule has 0 aliphatic rings. The number of amides is 1. The molecule has 1 amide bonds. The molecule has 2 aromatic carbocycles. The van der Waals surface area contributed by atoms with Crippen LogP contribution in [0.4, 0.5) is 0 Å². The van der Waals surface area contributed by atoms with Gasteiger partial charge in [-0.3, -0.25) is 4.79 Å². The zero-order valence-corrected chi connectivity index (χ0v) is 14.5. The van der Waals surface area contributed by atoms with E-state index < -0.39 is 0 Å². The Hall–Kier alpha value is -2.69. The lowest BCUT2D eigenvalue weighted by atomic mass is 10.1. The van der Waals surface area contributed by atoms with Gasteiger partial charge in [0.2, 0.25) is 0 Å². The van der Waals surface area contributed by atoms with Crippen LogP contribution in [0.3, 0.4) is 0 Å². The number of hydrogen-bond acceptors (Lipinski definition) is 4. The number of methoxy groups -OCH3 is 2. The number of rotatable bonds is 7. The van der Waals surface area contributed by atoms with Gasteiger partial charge < -0.3 is 19.5 Å². The molecule has 128 valence electrons. The lowest BCUT2D eigenvalue weighted by Crippen LogP contribution is -2.28. The van der Waals surface area contributed by atoms with Crippen LogP contribution in [0.1, 0.15) is 21.5 Å². The minimum atomic E-state index is -0.256. The zero-order chi connectivity index (χ0) is 17.5. The summed E-state index contributed by atoms with van der Waals surface area (Å²) in [5, 5.41) is 2.83. The van der Waals surface area contributed by atoms with Crippen molar-refractivity contribution < 1.29 is 19.0 Å². The molecule has 0 saturated heterocycles. The van der Waals surface area contributed by atoms with Gasteiger partial charge in [0.15, 0.2) is 0 Å². The Morgan fingerprint density at radius 1 is 1.00 bits per heavy atom. The number of ether oxygens (including phenoxy) is 3. The smallest absolute Gasteiger partial charge is 0.258 e. The van der Waals surface area contributed by atoms with Gasteiger partial charge in [0, 0.05) is 0 Å². The fraction of sp³-hybridized carbons (Fsp3) is 0.316. The van der Waals surface area contributed by atoms with Crippen LogP contribution in [0.5, 0.6) is 17.2 Å². The van der Waals surface area contributed by atoms with Gasteiger partial charge >= 0.3 is 0 Å². The molecule has 0 saturated carbocycles. The summed E-state index contributed by atoms with van der Waals surface area (Å²) in [5.74, 6) is 1.52. The van der Waals surface area contributed by atoms with Crippen LogP contribution in [0.2, 0.25) is 0 Å². The van der Waals surface area contributed by atoms with Crippen LogP contribution in [-0.2, 0) is 0 Å². The molecule has 2 rings (SSSR count). The van der Waals surface area contributed by atoms with Crippen LogP contribution < -0.4 is 19.5 Å². The highest BCUT2D eigenvalue weighted by molar-refractivity contribution is 5.99. The Labute approximate surface area is 142 Å². The Morgan fingerprint density at radius 3 is 2.25 bits per heavy atom. The van der Waals surface area contributed by atoms with Gasteiger partial charge in [-0.15, -0.1) is 0 Å². The molecule has 0 aromatic heterocycles.